The highest BCUT2D eigenvalue weighted by Gasteiger charge is 2.24. The summed E-state index contributed by atoms with van der Waals surface area (Å²) in [4.78, 5) is 0. The van der Waals surface area contributed by atoms with Gasteiger partial charge in [0.15, 0.2) is 0 Å². The molecule has 0 fully saturated rings. The van der Waals surface area contributed by atoms with E-state index in [1.54, 1.807) is 0 Å². The first-order valence-electron chi connectivity index (χ1n) is 6.57. The SMILES string of the molecule is C=CC1=C(C=C)C(CCCN)c2ccccc2C1. The number of rotatable bonds is 5. The van der Waals surface area contributed by atoms with Gasteiger partial charge in [0, 0.05) is 5.92 Å². The van der Waals surface area contributed by atoms with E-state index < -0.39 is 0 Å². The maximum Gasteiger partial charge on any atom is 0.00952 e. The summed E-state index contributed by atoms with van der Waals surface area (Å²) >= 11 is 0. The molecule has 0 radical (unpaired) electrons. The van der Waals surface area contributed by atoms with Crippen LogP contribution in [0, 0.1) is 0 Å². The smallest absolute Gasteiger partial charge is 0.00952 e. The third kappa shape index (κ3) is 2.32. The van der Waals surface area contributed by atoms with E-state index in [0.29, 0.717) is 5.92 Å². The van der Waals surface area contributed by atoms with E-state index in [-0.39, 0.29) is 0 Å². The second-order valence-corrected chi connectivity index (χ2v) is 4.75. The Labute approximate surface area is 110 Å². The number of hydrogen-bond acceptors (Lipinski definition) is 1. The highest BCUT2D eigenvalue weighted by atomic mass is 14.5. The van der Waals surface area contributed by atoms with Crippen LogP contribution in [0.5, 0.6) is 0 Å². The van der Waals surface area contributed by atoms with Gasteiger partial charge in [-0.05, 0) is 48.1 Å². The molecular formula is C17H21N. The van der Waals surface area contributed by atoms with E-state index in [0.717, 1.165) is 25.8 Å². The molecule has 0 aromatic heterocycles. The Morgan fingerprint density at radius 3 is 2.67 bits per heavy atom. The van der Waals surface area contributed by atoms with Crippen molar-refractivity contribution in [3.8, 4) is 0 Å². The van der Waals surface area contributed by atoms with Gasteiger partial charge >= 0.3 is 0 Å². The molecule has 0 amide bonds. The highest BCUT2D eigenvalue weighted by Crippen LogP contribution is 2.39. The summed E-state index contributed by atoms with van der Waals surface area (Å²) in [6, 6.07) is 8.68. The number of nitrogens with two attached hydrogens (primary N) is 1. The third-order valence-corrected chi connectivity index (χ3v) is 3.72. The molecular weight excluding hydrogens is 218 g/mol. The summed E-state index contributed by atoms with van der Waals surface area (Å²) in [5.74, 6) is 0.434. The first-order chi connectivity index (χ1) is 8.81. The van der Waals surface area contributed by atoms with Crippen LogP contribution in [0.3, 0.4) is 0 Å². The fourth-order valence-corrected chi connectivity index (χ4v) is 2.83. The Morgan fingerprint density at radius 2 is 2.00 bits per heavy atom. The lowest BCUT2D eigenvalue weighted by atomic mass is 9.76. The van der Waals surface area contributed by atoms with Crippen molar-refractivity contribution < 1.29 is 0 Å². The van der Waals surface area contributed by atoms with Crippen molar-refractivity contribution in [1.29, 1.82) is 0 Å². The average molecular weight is 239 g/mol. The zero-order valence-corrected chi connectivity index (χ0v) is 10.9. The molecule has 2 rings (SSSR count). The summed E-state index contributed by atoms with van der Waals surface area (Å²) in [7, 11) is 0. The Kier molecular flexibility index (Phi) is 4.16. The number of hydrogen-bond donors (Lipinski definition) is 1. The summed E-state index contributed by atoms with van der Waals surface area (Å²) in [6.07, 6.45) is 7.07. The second kappa shape index (κ2) is 5.83. The maximum atomic E-state index is 5.66. The third-order valence-electron chi connectivity index (χ3n) is 3.72. The summed E-state index contributed by atoms with van der Waals surface area (Å²) in [5, 5.41) is 0. The topological polar surface area (TPSA) is 26.0 Å². The molecule has 1 aliphatic carbocycles. The lowest BCUT2D eigenvalue weighted by Crippen LogP contribution is -2.14. The average Bonchev–Trinajstić information content (AvgIpc) is 2.43. The Balaban J connectivity index is 2.45. The van der Waals surface area contributed by atoms with Gasteiger partial charge in [-0.15, -0.1) is 0 Å². The minimum absolute atomic E-state index is 0.434. The van der Waals surface area contributed by atoms with Crippen LogP contribution in [0.2, 0.25) is 0 Å². The van der Waals surface area contributed by atoms with Crippen molar-refractivity contribution in [1.82, 2.24) is 0 Å². The fraction of sp³-hybridized carbons (Fsp3) is 0.294. The summed E-state index contributed by atoms with van der Waals surface area (Å²) in [5.41, 5.74) is 11.2. The van der Waals surface area contributed by atoms with E-state index in [1.807, 2.05) is 12.2 Å². The van der Waals surface area contributed by atoms with Gasteiger partial charge in [-0.3, -0.25) is 0 Å². The lowest BCUT2D eigenvalue weighted by Gasteiger charge is -2.28. The van der Waals surface area contributed by atoms with Crippen molar-refractivity contribution in [3.05, 3.63) is 71.8 Å². The van der Waals surface area contributed by atoms with E-state index >= 15 is 0 Å². The van der Waals surface area contributed by atoms with Gasteiger partial charge in [-0.25, -0.2) is 0 Å². The van der Waals surface area contributed by atoms with Crippen LogP contribution in [0.1, 0.15) is 29.9 Å². The second-order valence-electron chi connectivity index (χ2n) is 4.75. The Morgan fingerprint density at radius 1 is 1.22 bits per heavy atom. The molecule has 94 valence electrons. The van der Waals surface area contributed by atoms with E-state index in [4.69, 9.17) is 5.73 Å². The van der Waals surface area contributed by atoms with Crippen LogP contribution in [0.25, 0.3) is 0 Å². The molecule has 0 saturated carbocycles. The molecule has 1 aromatic carbocycles. The molecule has 0 saturated heterocycles. The molecule has 0 spiro atoms. The van der Waals surface area contributed by atoms with Crippen molar-refractivity contribution in [3.63, 3.8) is 0 Å². The molecule has 0 heterocycles. The van der Waals surface area contributed by atoms with Gasteiger partial charge in [0.1, 0.15) is 0 Å². The minimum atomic E-state index is 0.434. The molecule has 1 nitrogen and oxygen atoms in total. The predicted octanol–water partition coefficient (Wildman–Crippen LogP) is 3.73. The zero-order chi connectivity index (χ0) is 13.0. The van der Waals surface area contributed by atoms with Gasteiger partial charge in [-0.1, -0.05) is 49.6 Å². The highest BCUT2D eigenvalue weighted by molar-refractivity contribution is 5.51. The molecule has 18 heavy (non-hydrogen) atoms. The van der Waals surface area contributed by atoms with Crippen LogP contribution in [-0.4, -0.2) is 6.54 Å². The molecule has 0 bridgehead atoms. The monoisotopic (exact) mass is 239 g/mol. The van der Waals surface area contributed by atoms with E-state index in [9.17, 15) is 0 Å². The predicted molar refractivity (Wildman–Crippen MR) is 78.6 cm³/mol. The quantitative estimate of drug-likeness (QED) is 0.832. The fourth-order valence-electron chi connectivity index (χ4n) is 2.83. The van der Waals surface area contributed by atoms with E-state index in [1.165, 1.54) is 22.3 Å². The zero-order valence-electron chi connectivity index (χ0n) is 10.9. The van der Waals surface area contributed by atoms with Crippen LogP contribution >= 0.6 is 0 Å². The Hall–Kier alpha value is -1.60. The van der Waals surface area contributed by atoms with Gasteiger partial charge < -0.3 is 5.73 Å². The van der Waals surface area contributed by atoms with Gasteiger partial charge in [0.25, 0.3) is 0 Å². The molecule has 2 N–H and O–H groups in total. The number of allylic oxidation sites excluding steroid dienone is 4. The lowest BCUT2D eigenvalue weighted by molar-refractivity contribution is 0.651. The van der Waals surface area contributed by atoms with Gasteiger partial charge in [0.2, 0.25) is 0 Å². The standard InChI is InChI=1S/C17H21N/c1-3-13-12-14-8-5-6-9-16(14)17(10-7-11-18)15(13)4-2/h3-6,8-9,17H,1-2,7,10-12,18H2. The molecule has 1 atom stereocenters. The maximum absolute atomic E-state index is 5.66. The van der Waals surface area contributed by atoms with Crippen molar-refractivity contribution in [2.24, 2.45) is 5.73 Å². The normalized spacial score (nSPS) is 18.4. The minimum Gasteiger partial charge on any atom is -0.330 e. The molecule has 1 heteroatoms. The number of benzene rings is 1. The molecule has 1 aromatic rings. The van der Waals surface area contributed by atoms with Crippen molar-refractivity contribution in [2.75, 3.05) is 6.54 Å². The number of fused-ring (bicyclic) bond motifs is 1. The first kappa shape index (κ1) is 12.8. The Bertz CT molecular complexity index is 482. The first-order valence-corrected chi connectivity index (χ1v) is 6.57. The largest absolute Gasteiger partial charge is 0.330 e. The van der Waals surface area contributed by atoms with Crippen LogP contribution in [-0.2, 0) is 6.42 Å². The molecule has 1 unspecified atom stereocenters. The molecule has 0 aliphatic heterocycles. The van der Waals surface area contributed by atoms with Gasteiger partial charge in [-0.2, -0.15) is 0 Å². The van der Waals surface area contributed by atoms with Crippen molar-refractivity contribution in [2.45, 2.75) is 25.2 Å². The van der Waals surface area contributed by atoms with Gasteiger partial charge in [0.05, 0.1) is 0 Å². The van der Waals surface area contributed by atoms with Crippen LogP contribution < -0.4 is 5.73 Å². The summed E-state index contributed by atoms with van der Waals surface area (Å²) in [6.45, 7) is 8.66. The summed E-state index contributed by atoms with van der Waals surface area (Å²) < 4.78 is 0. The molecule has 1 aliphatic rings. The van der Waals surface area contributed by atoms with E-state index in [2.05, 4.69) is 37.4 Å². The van der Waals surface area contributed by atoms with Crippen LogP contribution in [0.15, 0.2) is 60.7 Å². The van der Waals surface area contributed by atoms with Crippen LogP contribution in [0.4, 0.5) is 0 Å². The van der Waals surface area contributed by atoms with Crippen molar-refractivity contribution >= 4 is 0 Å².